The monoisotopic (exact) mass is 287 g/mol. The average molecular weight is 287 g/mol. The molecule has 2 aromatic rings. The zero-order valence-electron chi connectivity index (χ0n) is 12.1. The van der Waals surface area contributed by atoms with Gasteiger partial charge in [0.05, 0.1) is 5.56 Å². The van der Waals surface area contributed by atoms with E-state index in [0.29, 0.717) is 12.1 Å². The van der Waals surface area contributed by atoms with Crippen LogP contribution in [0.1, 0.15) is 27.0 Å². The molecule has 0 heterocycles. The predicted octanol–water partition coefficient (Wildman–Crippen LogP) is 3.46. The molecule has 0 aliphatic carbocycles. The summed E-state index contributed by atoms with van der Waals surface area (Å²) in [5.41, 5.74) is 3.04. The molecule has 0 unspecified atom stereocenters. The molecular formula is C17H18FNO2. The predicted molar refractivity (Wildman–Crippen MR) is 79.7 cm³/mol. The Hall–Kier alpha value is -2.20. The van der Waals surface area contributed by atoms with Gasteiger partial charge in [0, 0.05) is 13.1 Å². The molecule has 0 aliphatic rings. The van der Waals surface area contributed by atoms with Gasteiger partial charge in [-0.05, 0) is 48.9 Å². The number of hydrogen-bond acceptors (Lipinski definition) is 2. The number of carboxylic acids is 1. The molecule has 0 radical (unpaired) electrons. The summed E-state index contributed by atoms with van der Waals surface area (Å²) in [4.78, 5) is 13.0. The Labute approximate surface area is 123 Å². The van der Waals surface area contributed by atoms with E-state index in [2.05, 4.69) is 6.07 Å². The van der Waals surface area contributed by atoms with Gasteiger partial charge in [-0.3, -0.25) is 4.90 Å². The first-order chi connectivity index (χ1) is 9.95. The van der Waals surface area contributed by atoms with Crippen LogP contribution in [0.15, 0.2) is 42.5 Å². The molecule has 2 rings (SSSR count). The molecule has 0 fully saturated rings. The molecule has 0 saturated heterocycles. The zero-order valence-corrected chi connectivity index (χ0v) is 12.1. The van der Waals surface area contributed by atoms with E-state index in [1.54, 1.807) is 0 Å². The van der Waals surface area contributed by atoms with E-state index < -0.39 is 11.8 Å². The van der Waals surface area contributed by atoms with E-state index >= 15 is 0 Å². The number of aromatic carboxylic acids is 1. The average Bonchev–Trinajstić information content (AvgIpc) is 2.40. The van der Waals surface area contributed by atoms with Crippen molar-refractivity contribution in [1.29, 1.82) is 0 Å². The van der Waals surface area contributed by atoms with Crippen molar-refractivity contribution in [2.45, 2.75) is 20.0 Å². The number of nitrogens with zero attached hydrogens (tertiary/aromatic N) is 1. The standard InChI is InChI=1S/C17H18FNO2/c1-12-5-3-4-6-14(12)11-19(2)10-13-7-15(17(20)21)9-16(18)8-13/h3-9H,10-11H2,1-2H3,(H,20,21). The van der Waals surface area contributed by atoms with Crippen LogP contribution in [-0.2, 0) is 13.1 Å². The molecule has 21 heavy (non-hydrogen) atoms. The van der Waals surface area contributed by atoms with Crippen molar-refractivity contribution in [2.75, 3.05) is 7.05 Å². The van der Waals surface area contributed by atoms with E-state index in [-0.39, 0.29) is 5.56 Å². The summed E-state index contributed by atoms with van der Waals surface area (Å²) in [6.45, 7) is 3.27. The second kappa shape index (κ2) is 6.50. The largest absolute Gasteiger partial charge is 0.478 e. The minimum absolute atomic E-state index is 0.0192. The number of carbonyl (C=O) groups is 1. The molecule has 110 valence electrons. The van der Waals surface area contributed by atoms with Crippen LogP contribution in [0.5, 0.6) is 0 Å². The maximum absolute atomic E-state index is 13.4. The lowest BCUT2D eigenvalue weighted by atomic mass is 10.1. The highest BCUT2D eigenvalue weighted by atomic mass is 19.1. The van der Waals surface area contributed by atoms with Crippen molar-refractivity contribution < 1.29 is 14.3 Å². The highest BCUT2D eigenvalue weighted by Gasteiger charge is 2.09. The number of hydrogen-bond donors (Lipinski definition) is 1. The maximum atomic E-state index is 13.4. The van der Waals surface area contributed by atoms with E-state index in [0.717, 1.165) is 12.6 Å². The normalized spacial score (nSPS) is 10.9. The third-order valence-corrected chi connectivity index (χ3v) is 3.36. The minimum atomic E-state index is -1.11. The number of halogens is 1. The number of benzene rings is 2. The third-order valence-electron chi connectivity index (χ3n) is 3.36. The second-order valence-electron chi connectivity index (χ2n) is 5.25. The summed E-state index contributed by atoms with van der Waals surface area (Å²) in [5.74, 6) is -1.63. The fourth-order valence-electron chi connectivity index (χ4n) is 2.31. The van der Waals surface area contributed by atoms with Crippen molar-refractivity contribution >= 4 is 5.97 Å². The van der Waals surface area contributed by atoms with Crippen LogP contribution < -0.4 is 0 Å². The Morgan fingerprint density at radius 2 is 1.90 bits per heavy atom. The van der Waals surface area contributed by atoms with Gasteiger partial charge in [-0.1, -0.05) is 24.3 Å². The lowest BCUT2D eigenvalue weighted by Gasteiger charge is -2.18. The van der Waals surface area contributed by atoms with Crippen LogP contribution in [0.25, 0.3) is 0 Å². The van der Waals surface area contributed by atoms with E-state index in [4.69, 9.17) is 5.11 Å². The van der Waals surface area contributed by atoms with Crippen LogP contribution >= 0.6 is 0 Å². The fraction of sp³-hybridized carbons (Fsp3) is 0.235. The molecule has 0 spiro atoms. The summed E-state index contributed by atoms with van der Waals surface area (Å²) in [5, 5.41) is 8.96. The Balaban J connectivity index is 2.11. The topological polar surface area (TPSA) is 40.5 Å². The van der Waals surface area contributed by atoms with Gasteiger partial charge >= 0.3 is 5.97 Å². The molecule has 4 heteroatoms. The van der Waals surface area contributed by atoms with Gasteiger partial charge in [0.15, 0.2) is 0 Å². The van der Waals surface area contributed by atoms with Gasteiger partial charge in [0.25, 0.3) is 0 Å². The van der Waals surface area contributed by atoms with Gasteiger partial charge < -0.3 is 5.11 Å². The van der Waals surface area contributed by atoms with Gasteiger partial charge in [-0.2, -0.15) is 0 Å². The van der Waals surface area contributed by atoms with E-state index in [1.165, 1.54) is 23.3 Å². The molecule has 0 amide bonds. The van der Waals surface area contributed by atoms with Crippen LogP contribution in [0.4, 0.5) is 4.39 Å². The fourth-order valence-corrected chi connectivity index (χ4v) is 2.31. The molecule has 0 atom stereocenters. The van der Waals surface area contributed by atoms with Crippen LogP contribution in [0.2, 0.25) is 0 Å². The van der Waals surface area contributed by atoms with Crippen molar-refractivity contribution in [1.82, 2.24) is 4.90 Å². The molecule has 0 bridgehead atoms. The summed E-state index contributed by atoms with van der Waals surface area (Å²) < 4.78 is 13.4. The van der Waals surface area contributed by atoms with Crippen molar-refractivity contribution in [2.24, 2.45) is 0 Å². The molecule has 1 N–H and O–H groups in total. The SMILES string of the molecule is Cc1ccccc1CN(C)Cc1cc(F)cc(C(=O)O)c1. The second-order valence-corrected chi connectivity index (χ2v) is 5.25. The molecule has 2 aromatic carbocycles. The van der Waals surface area contributed by atoms with Gasteiger partial charge in [0.1, 0.15) is 5.82 Å². The van der Waals surface area contributed by atoms with Crippen molar-refractivity contribution in [3.05, 3.63) is 70.5 Å². The number of carboxylic acid groups (broad SMARTS) is 1. The Kier molecular flexibility index (Phi) is 4.70. The molecular weight excluding hydrogens is 269 g/mol. The van der Waals surface area contributed by atoms with Gasteiger partial charge in [0.2, 0.25) is 0 Å². The zero-order chi connectivity index (χ0) is 15.4. The summed E-state index contributed by atoms with van der Waals surface area (Å²) >= 11 is 0. The number of aryl methyl sites for hydroxylation is 1. The van der Waals surface area contributed by atoms with E-state index in [1.807, 2.05) is 37.1 Å². The Morgan fingerprint density at radius 3 is 2.57 bits per heavy atom. The Bertz CT molecular complexity index is 655. The first-order valence-corrected chi connectivity index (χ1v) is 6.71. The quantitative estimate of drug-likeness (QED) is 0.915. The van der Waals surface area contributed by atoms with Gasteiger partial charge in [-0.15, -0.1) is 0 Å². The van der Waals surface area contributed by atoms with Crippen LogP contribution in [-0.4, -0.2) is 23.0 Å². The third kappa shape index (κ3) is 4.13. The first kappa shape index (κ1) is 15.2. The van der Waals surface area contributed by atoms with Crippen LogP contribution in [0, 0.1) is 12.7 Å². The molecule has 0 aromatic heterocycles. The molecule has 3 nitrogen and oxygen atoms in total. The molecule has 0 saturated carbocycles. The smallest absolute Gasteiger partial charge is 0.335 e. The van der Waals surface area contributed by atoms with Crippen LogP contribution in [0.3, 0.4) is 0 Å². The first-order valence-electron chi connectivity index (χ1n) is 6.71. The lowest BCUT2D eigenvalue weighted by molar-refractivity contribution is 0.0696. The van der Waals surface area contributed by atoms with Gasteiger partial charge in [-0.25, -0.2) is 9.18 Å². The lowest BCUT2D eigenvalue weighted by Crippen LogP contribution is -2.18. The molecule has 0 aliphatic heterocycles. The maximum Gasteiger partial charge on any atom is 0.335 e. The highest BCUT2D eigenvalue weighted by molar-refractivity contribution is 5.87. The van der Waals surface area contributed by atoms with E-state index in [9.17, 15) is 9.18 Å². The van der Waals surface area contributed by atoms with Crippen molar-refractivity contribution in [3.63, 3.8) is 0 Å². The highest BCUT2D eigenvalue weighted by Crippen LogP contribution is 2.14. The summed E-state index contributed by atoms with van der Waals surface area (Å²) in [6, 6.07) is 12.0. The number of rotatable bonds is 5. The summed E-state index contributed by atoms with van der Waals surface area (Å²) in [6.07, 6.45) is 0. The van der Waals surface area contributed by atoms with Crippen molar-refractivity contribution in [3.8, 4) is 0 Å². The minimum Gasteiger partial charge on any atom is -0.478 e. The Morgan fingerprint density at radius 1 is 1.19 bits per heavy atom. The summed E-state index contributed by atoms with van der Waals surface area (Å²) in [7, 11) is 1.93.